The van der Waals surface area contributed by atoms with Gasteiger partial charge in [-0.05, 0) is 32.4 Å². The van der Waals surface area contributed by atoms with Crippen LogP contribution in [0.25, 0.3) is 0 Å². The van der Waals surface area contributed by atoms with Crippen LogP contribution >= 0.6 is 0 Å². The summed E-state index contributed by atoms with van der Waals surface area (Å²) in [5.41, 5.74) is -1.36. The summed E-state index contributed by atoms with van der Waals surface area (Å²) in [4.78, 5) is 25.5. The van der Waals surface area contributed by atoms with E-state index >= 15 is 0 Å². The molecule has 1 unspecified atom stereocenters. The van der Waals surface area contributed by atoms with Crippen molar-refractivity contribution in [1.82, 2.24) is 5.32 Å². The number of benzene rings is 1. The molecule has 2 amide bonds. The molecule has 1 heterocycles. The molecule has 1 N–H and O–H groups in total. The molecule has 1 aromatic carbocycles. The van der Waals surface area contributed by atoms with Gasteiger partial charge in [0.15, 0.2) is 0 Å². The number of amides is 2. The van der Waals surface area contributed by atoms with Gasteiger partial charge in [0.25, 0.3) is 5.91 Å². The van der Waals surface area contributed by atoms with E-state index in [1.165, 1.54) is 13.8 Å². The van der Waals surface area contributed by atoms with Crippen molar-refractivity contribution in [3.05, 3.63) is 29.8 Å². The van der Waals surface area contributed by atoms with Crippen LogP contribution < -0.4 is 10.2 Å². The molecule has 1 fully saturated rings. The first-order chi connectivity index (χ1) is 9.27. The molecule has 1 atom stereocenters. The Hall–Kier alpha value is -1.98. The highest BCUT2D eigenvalue weighted by Crippen LogP contribution is 2.29. The largest absolute Gasteiger partial charge is 0.340 e. The van der Waals surface area contributed by atoms with Crippen LogP contribution in [0.15, 0.2) is 18.2 Å². The van der Waals surface area contributed by atoms with Gasteiger partial charge in [-0.1, -0.05) is 6.92 Å². The van der Waals surface area contributed by atoms with Crippen molar-refractivity contribution in [2.45, 2.75) is 38.8 Å². The van der Waals surface area contributed by atoms with Crippen LogP contribution in [0.3, 0.4) is 0 Å². The van der Waals surface area contributed by atoms with Crippen molar-refractivity contribution >= 4 is 17.5 Å². The molecular weight excluding hydrogens is 266 g/mol. The summed E-state index contributed by atoms with van der Waals surface area (Å²) >= 11 is 0. The van der Waals surface area contributed by atoms with Crippen molar-refractivity contribution in [1.29, 1.82) is 0 Å². The standard InChI is InChI=1S/C14H16F2N2O2/c1-4-10-12(19)17-14(2,3)13(20)18(10)11-7-8(15)5-6-9(11)16/h5-7,10H,4H2,1-3H3,(H,17,19). The Labute approximate surface area is 115 Å². The highest BCUT2D eigenvalue weighted by molar-refractivity contribution is 6.10. The van der Waals surface area contributed by atoms with E-state index in [9.17, 15) is 18.4 Å². The van der Waals surface area contributed by atoms with E-state index in [1.807, 2.05) is 0 Å². The average molecular weight is 282 g/mol. The number of anilines is 1. The molecule has 1 aliphatic rings. The highest BCUT2D eigenvalue weighted by atomic mass is 19.1. The number of halogens is 2. The summed E-state index contributed by atoms with van der Waals surface area (Å²) < 4.78 is 27.3. The van der Waals surface area contributed by atoms with Crippen molar-refractivity contribution in [3.8, 4) is 0 Å². The summed E-state index contributed by atoms with van der Waals surface area (Å²) in [6.07, 6.45) is 0.309. The number of nitrogens with one attached hydrogen (secondary N) is 1. The summed E-state index contributed by atoms with van der Waals surface area (Å²) in [7, 11) is 0. The number of nitrogens with zero attached hydrogens (tertiary/aromatic N) is 1. The minimum atomic E-state index is -1.15. The number of hydrogen-bond acceptors (Lipinski definition) is 2. The quantitative estimate of drug-likeness (QED) is 0.901. The van der Waals surface area contributed by atoms with Gasteiger partial charge in [0.05, 0.1) is 5.69 Å². The topological polar surface area (TPSA) is 49.4 Å². The van der Waals surface area contributed by atoms with Gasteiger partial charge < -0.3 is 5.32 Å². The summed E-state index contributed by atoms with van der Waals surface area (Å²) in [6.45, 7) is 4.77. The first kappa shape index (κ1) is 14.4. The fourth-order valence-electron chi connectivity index (χ4n) is 2.32. The second kappa shape index (κ2) is 4.85. The van der Waals surface area contributed by atoms with Gasteiger partial charge in [0, 0.05) is 6.07 Å². The van der Waals surface area contributed by atoms with Crippen molar-refractivity contribution < 1.29 is 18.4 Å². The van der Waals surface area contributed by atoms with Gasteiger partial charge in [-0.15, -0.1) is 0 Å². The molecule has 0 saturated carbocycles. The SMILES string of the molecule is CCC1C(=O)NC(C)(C)C(=O)N1c1cc(F)ccc1F. The van der Waals surface area contributed by atoms with E-state index in [1.54, 1.807) is 6.92 Å². The molecule has 0 aliphatic carbocycles. The van der Waals surface area contributed by atoms with Crippen molar-refractivity contribution in [2.75, 3.05) is 4.90 Å². The third kappa shape index (κ3) is 2.26. The number of carbonyl (C=O) groups excluding carboxylic acids is 2. The molecule has 108 valence electrons. The minimum Gasteiger partial charge on any atom is -0.340 e. The van der Waals surface area contributed by atoms with Crippen LogP contribution in [-0.4, -0.2) is 23.4 Å². The van der Waals surface area contributed by atoms with Gasteiger partial charge in [0.2, 0.25) is 5.91 Å². The van der Waals surface area contributed by atoms with Gasteiger partial charge in [-0.25, -0.2) is 8.78 Å². The fraction of sp³-hybridized carbons (Fsp3) is 0.429. The zero-order chi connectivity index (χ0) is 15.1. The lowest BCUT2D eigenvalue weighted by Crippen LogP contribution is -2.68. The molecule has 2 rings (SSSR count). The van der Waals surface area contributed by atoms with Gasteiger partial charge in [0.1, 0.15) is 23.2 Å². The number of hydrogen-bond donors (Lipinski definition) is 1. The van der Waals surface area contributed by atoms with E-state index in [2.05, 4.69) is 5.32 Å². The molecule has 1 aliphatic heterocycles. The molecule has 0 bridgehead atoms. The third-order valence-corrected chi connectivity index (χ3v) is 3.36. The van der Waals surface area contributed by atoms with Gasteiger partial charge >= 0.3 is 0 Å². The molecule has 1 saturated heterocycles. The maximum atomic E-state index is 13.9. The smallest absolute Gasteiger partial charge is 0.252 e. The highest BCUT2D eigenvalue weighted by Gasteiger charge is 2.46. The van der Waals surface area contributed by atoms with Crippen molar-refractivity contribution in [3.63, 3.8) is 0 Å². The summed E-state index contributed by atoms with van der Waals surface area (Å²) in [5, 5.41) is 2.59. The monoisotopic (exact) mass is 282 g/mol. The average Bonchev–Trinajstić information content (AvgIpc) is 2.36. The van der Waals surface area contributed by atoms with E-state index in [4.69, 9.17) is 0 Å². The molecule has 1 aromatic rings. The van der Waals surface area contributed by atoms with Gasteiger partial charge in [-0.3, -0.25) is 14.5 Å². The molecule has 4 nitrogen and oxygen atoms in total. The van der Waals surface area contributed by atoms with Crippen LogP contribution in [-0.2, 0) is 9.59 Å². The third-order valence-electron chi connectivity index (χ3n) is 3.36. The molecule has 0 aromatic heterocycles. The Morgan fingerprint density at radius 3 is 2.55 bits per heavy atom. The van der Waals surface area contributed by atoms with E-state index in [-0.39, 0.29) is 11.6 Å². The lowest BCUT2D eigenvalue weighted by atomic mass is 9.95. The Balaban J connectivity index is 2.57. The van der Waals surface area contributed by atoms with Crippen LogP contribution in [0.1, 0.15) is 27.2 Å². The first-order valence-corrected chi connectivity index (χ1v) is 6.38. The zero-order valence-electron chi connectivity index (χ0n) is 11.5. The van der Waals surface area contributed by atoms with E-state index in [0.717, 1.165) is 23.1 Å². The molecule has 6 heteroatoms. The van der Waals surface area contributed by atoms with Crippen molar-refractivity contribution in [2.24, 2.45) is 0 Å². The van der Waals surface area contributed by atoms with E-state index in [0.29, 0.717) is 6.42 Å². The minimum absolute atomic E-state index is 0.204. The molecule has 20 heavy (non-hydrogen) atoms. The van der Waals surface area contributed by atoms with Crippen LogP contribution in [0, 0.1) is 11.6 Å². The Morgan fingerprint density at radius 2 is 1.95 bits per heavy atom. The first-order valence-electron chi connectivity index (χ1n) is 6.38. The lowest BCUT2D eigenvalue weighted by Gasteiger charge is -2.42. The zero-order valence-corrected chi connectivity index (χ0v) is 11.5. The maximum absolute atomic E-state index is 13.9. The maximum Gasteiger partial charge on any atom is 0.252 e. The second-order valence-corrected chi connectivity index (χ2v) is 5.31. The predicted molar refractivity (Wildman–Crippen MR) is 70.1 cm³/mol. The second-order valence-electron chi connectivity index (χ2n) is 5.31. The van der Waals surface area contributed by atoms with Crippen LogP contribution in [0.2, 0.25) is 0 Å². The normalized spacial score (nSPS) is 21.9. The Kier molecular flexibility index (Phi) is 3.50. The molecule has 0 spiro atoms. The van der Waals surface area contributed by atoms with Crippen LogP contribution in [0.5, 0.6) is 0 Å². The number of piperazine rings is 1. The Bertz CT molecular complexity index is 572. The van der Waals surface area contributed by atoms with E-state index < -0.39 is 29.1 Å². The predicted octanol–water partition coefficient (Wildman–Crippen LogP) is 1.98. The number of rotatable bonds is 2. The van der Waals surface area contributed by atoms with Crippen LogP contribution in [0.4, 0.5) is 14.5 Å². The summed E-state index contributed by atoms with van der Waals surface area (Å²) in [6, 6.07) is 2.01. The van der Waals surface area contributed by atoms with Gasteiger partial charge in [-0.2, -0.15) is 0 Å². The fourth-order valence-corrected chi connectivity index (χ4v) is 2.32. The number of carbonyl (C=O) groups is 2. The Morgan fingerprint density at radius 1 is 1.30 bits per heavy atom. The molecule has 0 radical (unpaired) electrons. The summed E-state index contributed by atoms with van der Waals surface area (Å²) in [5.74, 6) is -2.23. The lowest BCUT2D eigenvalue weighted by molar-refractivity contribution is -0.137. The molecular formula is C14H16F2N2O2.